The number of ether oxygens (including phenoxy) is 1. The summed E-state index contributed by atoms with van der Waals surface area (Å²) in [6.45, 7) is 17.0. The average molecular weight is 466 g/mol. The summed E-state index contributed by atoms with van der Waals surface area (Å²) < 4.78 is 6.19. The molecule has 3 rings (SSSR count). The fraction of sp³-hybridized carbons (Fsp3) is 0.567. The number of benzene rings is 2. The molecular formula is C30H43NO3. The van der Waals surface area contributed by atoms with E-state index in [1.165, 1.54) is 5.56 Å². The van der Waals surface area contributed by atoms with Crippen molar-refractivity contribution in [1.29, 1.82) is 0 Å². The maximum atomic E-state index is 13.0. The Balaban J connectivity index is 1.74. The molecular weight excluding hydrogens is 422 g/mol. The summed E-state index contributed by atoms with van der Waals surface area (Å²) >= 11 is 0. The molecule has 1 fully saturated rings. The van der Waals surface area contributed by atoms with Gasteiger partial charge >= 0.3 is 5.97 Å². The maximum Gasteiger partial charge on any atom is 0.306 e. The van der Waals surface area contributed by atoms with Gasteiger partial charge in [-0.1, -0.05) is 63.2 Å². The van der Waals surface area contributed by atoms with Crippen molar-refractivity contribution in [1.82, 2.24) is 5.32 Å². The van der Waals surface area contributed by atoms with E-state index in [1.54, 1.807) is 0 Å². The minimum Gasteiger partial charge on any atom is -0.507 e. The van der Waals surface area contributed by atoms with Crippen molar-refractivity contribution in [2.75, 3.05) is 0 Å². The second-order valence-corrected chi connectivity index (χ2v) is 12.3. The van der Waals surface area contributed by atoms with E-state index in [9.17, 15) is 9.90 Å². The standard InChI is InChI=1S/C30H43NO3/c1-20-16-22(18-24(27(20)33)28(2,3)4)14-15-26(32)34-25-19-29(5,6)31-30(7,8)23(25)17-21-12-10-9-11-13-21/h9-13,16,18,23,25,31,33H,14-15,17,19H2,1-8H3. The van der Waals surface area contributed by atoms with Gasteiger partial charge in [0.05, 0.1) is 0 Å². The highest BCUT2D eigenvalue weighted by Crippen LogP contribution is 2.38. The molecule has 2 aromatic carbocycles. The van der Waals surface area contributed by atoms with Crippen molar-refractivity contribution < 1.29 is 14.6 Å². The third kappa shape index (κ3) is 6.41. The topological polar surface area (TPSA) is 58.6 Å². The van der Waals surface area contributed by atoms with Crippen LogP contribution in [0.25, 0.3) is 0 Å². The zero-order valence-corrected chi connectivity index (χ0v) is 22.3. The Morgan fingerprint density at radius 2 is 1.74 bits per heavy atom. The van der Waals surface area contributed by atoms with E-state index in [4.69, 9.17) is 4.74 Å². The monoisotopic (exact) mass is 465 g/mol. The number of esters is 1. The summed E-state index contributed by atoms with van der Waals surface area (Å²) in [6, 6.07) is 14.5. The maximum absolute atomic E-state index is 13.0. The summed E-state index contributed by atoms with van der Waals surface area (Å²) in [5.41, 5.74) is 3.64. The zero-order valence-electron chi connectivity index (χ0n) is 22.3. The number of aryl methyl sites for hydroxylation is 2. The molecule has 2 unspecified atom stereocenters. The molecule has 0 amide bonds. The fourth-order valence-corrected chi connectivity index (χ4v) is 5.55. The van der Waals surface area contributed by atoms with Crippen LogP contribution in [-0.2, 0) is 27.8 Å². The largest absolute Gasteiger partial charge is 0.507 e. The van der Waals surface area contributed by atoms with E-state index in [-0.39, 0.29) is 34.5 Å². The Morgan fingerprint density at radius 1 is 1.09 bits per heavy atom. The van der Waals surface area contributed by atoms with E-state index in [0.717, 1.165) is 29.5 Å². The fourth-order valence-electron chi connectivity index (χ4n) is 5.55. The predicted octanol–water partition coefficient (Wildman–Crippen LogP) is 6.25. The highest BCUT2D eigenvalue weighted by molar-refractivity contribution is 5.70. The van der Waals surface area contributed by atoms with Crippen molar-refractivity contribution in [2.24, 2.45) is 5.92 Å². The number of phenolic OH excluding ortho intramolecular Hbond substituents is 1. The molecule has 0 bridgehead atoms. The van der Waals surface area contributed by atoms with E-state index < -0.39 is 0 Å². The van der Waals surface area contributed by atoms with Crippen molar-refractivity contribution in [3.8, 4) is 5.75 Å². The molecule has 2 aromatic rings. The van der Waals surface area contributed by atoms with Crippen molar-refractivity contribution in [2.45, 2.75) is 104 Å². The number of hydrogen-bond donors (Lipinski definition) is 2. The molecule has 34 heavy (non-hydrogen) atoms. The van der Waals surface area contributed by atoms with E-state index in [1.807, 2.05) is 25.1 Å². The number of piperidine rings is 1. The van der Waals surface area contributed by atoms with Gasteiger partial charge in [-0.2, -0.15) is 0 Å². The van der Waals surface area contributed by atoms with E-state index in [0.29, 0.717) is 18.6 Å². The minimum absolute atomic E-state index is 0.114. The van der Waals surface area contributed by atoms with Crippen LogP contribution in [0.3, 0.4) is 0 Å². The molecule has 2 N–H and O–H groups in total. The summed E-state index contributed by atoms with van der Waals surface area (Å²) in [6.07, 6.45) is 2.43. The molecule has 0 radical (unpaired) electrons. The lowest BCUT2D eigenvalue weighted by molar-refractivity contribution is -0.158. The third-order valence-corrected chi connectivity index (χ3v) is 7.12. The van der Waals surface area contributed by atoms with E-state index in [2.05, 4.69) is 78.0 Å². The first-order chi connectivity index (χ1) is 15.7. The van der Waals surface area contributed by atoms with Gasteiger partial charge in [0.15, 0.2) is 0 Å². The Labute approximate surface area is 206 Å². The molecule has 2 atom stereocenters. The molecule has 1 aliphatic rings. The molecule has 1 heterocycles. The lowest BCUT2D eigenvalue weighted by Gasteiger charge is -2.51. The Morgan fingerprint density at radius 3 is 2.35 bits per heavy atom. The molecule has 0 saturated carbocycles. The van der Waals surface area contributed by atoms with Gasteiger partial charge < -0.3 is 15.2 Å². The number of phenols is 1. The van der Waals surface area contributed by atoms with Gasteiger partial charge in [-0.05, 0) is 75.1 Å². The van der Waals surface area contributed by atoms with Gasteiger partial charge in [0.2, 0.25) is 0 Å². The Kier molecular flexibility index (Phi) is 7.52. The van der Waals surface area contributed by atoms with Crippen LogP contribution in [0.4, 0.5) is 0 Å². The van der Waals surface area contributed by atoms with Gasteiger partial charge in [-0.25, -0.2) is 0 Å². The Bertz CT molecular complexity index is 1000. The van der Waals surface area contributed by atoms with Gasteiger partial charge in [-0.15, -0.1) is 0 Å². The van der Waals surface area contributed by atoms with Crippen LogP contribution in [0.2, 0.25) is 0 Å². The smallest absolute Gasteiger partial charge is 0.306 e. The molecule has 186 valence electrons. The second kappa shape index (κ2) is 9.73. The van der Waals surface area contributed by atoms with E-state index >= 15 is 0 Å². The van der Waals surface area contributed by atoms with Gasteiger partial charge in [-0.3, -0.25) is 4.79 Å². The first-order valence-electron chi connectivity index (χ1n) is 12.5. The van der Waals surface area contributed by atoms with Crippen LogP contribution >= 0.6 is 0 Å². The molecule has 1 saturated heterocycles. The number of aromatic hydroxyl groups is 1. The molecule has 0 aliphatic carbocycles. The minimum atomic E-state index is -0.168. The summed E-state index contributed by atoms with van der Waals surface area (Å²) in [5.74, 6) is 0.372. The van der Waals surface area contributed by atoms with Crippen LogP contribution in [0.1, 0.15) is 83.6 Å². The normalized spacial score (nSPS) is 21.8. The summed E-state index contributed by atoms with van der Waals surface area (Å²) in [5, 5.41) is 14.3. The van der Waals surface area contributed by atoms with Crippen LogP contribution in [0, 0.1) is 12.8 Å². The Hall–Kier alpha value is -2.33. The zero-order chi connectivity index (χ0) is 25.3. The first-order valence-corrected chi connectivity index (χ1v) is 12.5. The molecule has 1 aliphatic heterocycles. The highest BCUT2D eigenvalue weighted by Gasteiger charge is 2.47. The SMILES string of the molecule is Cc1cc(CCC(=O)OC2CC(C)(C)NC(C)(C)C2Cc2ccccc2)cc(C(C)(C)C)c1O. The third-order valence-electron chi connectivity index (χ3n) is 7.12. The van der Waals surface area contributed by atoms with Crippen LogP contribution < -0.4 is 5.32 Å². The summed E-state index contributed by atoms with van der Waals surface area (Å²) in [7, 11) is 0. The van der Waals surface area contributed by atoms with Crippen LogP contribution in [0.15, 0.2) is 42.5 Å². The van der Waals surface area contributed by atoms with Crippen molar-refractivity contribution in [3.63, 3.8) is 0 Å². The van der Waals surface area contributed by atoms with Crippen LogP contribution in [0.5, 0.6) is 5.75 Å². The summed E-state index contributed by atoms with van der Waals surface area (Å²) in [4.78, 5) is 13.0. The molecule has 4 heteroatoms. The first kappa shape index (κ1) is 26.3. The quantitative estimate of drug-likeness (QED) is 0.495. The predicted molar refractivity (Wildman–Crippen MR) is 139 cm³/mol. The molecule has 0 aromatic heterocycles. The number of carbonyl (C=O) groups is 1. The molecule has 0 spiro atoms. The number of rotatable bonds is 6. The second-order valence-electron chi connectivity index (χ2n) is 12.3. The van der Waals surface area contributed by atoms with Crippen molar-refractivity contribution in [3.05, 3.63) is 64.7 Å². The van der Waals surface area contributed by atoms with Gasteiger partial charge in [0.1, 0.15) is 11.9 Å². The number of nitrogens with one attached hydrogen (secondary N) is 1. The van der Waals surface area contributed by atoms with Gasteiger partial charge in [0.25, 0.3) is 0 Å². The highest BCUT2D eigenvalue weighted by atomic mass is 16.5. The lowest BCUT2D eigenvalue weighted by atomic mass is 9.70. The average Bonchev–Trinajstić information content (AvgIpc) is 2.70. The lowest BCUT2D eigenvalue weighted by Crippen LogP contribution is -2.65. The van der Waals surface area contributed by atoms with Gasteiger partial charge in [0, 0.05) is 29.8 Å². The number of carbonyl (C=O) groups excluding carboxylic acids is 1. The number of hydrogen-bond acceptors (Lipinski definition) is 4. The van der Waals surface area contributed by atoms with Crippen molar-refractivity contribution >= 4 is 5.97 Å². The van der Waals surface area contributed by atoms with Crippen LogP contribution in [-0.4, -0.2) is 28.3 Å². The molecule has 4 nitrogen and oxygen atoms in total.